The van der Waals surface area contributed by atoms with Crippen LogP contribution in [0.25, 0.3) is 0 Å². The largest absolute Gasteiger partial charge is 0.495 e. The summed E-state index contributed by atoms with van der Waals surface area (Å²) in [5, 5.41) is 6.94. The van der Waals surface area contributed by atoms with Crippen LogP contribution in [0.3, 0.4) is 0 Å². The van der Waals surface area contributed by atoms with Crippen molar-refractivity contribution in [3.05, 3.63) is 17.2 Å². The molecule has 1 aromatic carbocycles. The number of ether oxygens (including phenoxy) is 2. The van der Waals surface area contributed by atoms with E-state index in [-0.39, 0.29) is 0 Å². The van der Waals surface area contributed by atoms with Gasteiger partial charge in [-0.25, -0.2) is 0 Å². The minimum atomic E-state index is 0.546. The Morgan fingerprint density at radius 3 is 2.41 bits per heavy atom. The lowest BCUT2D eigenvalue weighted by molar-refractivity contribution is 0.404. The predicted octanol–water partition coefficient (Wildman–Crippen LogP) is 2.38. The van der Waals surface area contributed by atoms with Gasteiger partial charge in [0.05, 0.1) is 24.9 Å². The number of halogens is 1. The van der Waals surface area contributed by atoms with Gasteiger partial charge in [0.1, 0.15) is 11.5 Å². The molecule has 0 heterocycles. The minimum Gasteiger partial charge on any atom is -0.495 e. The Balaban J connectivity index is 2.74. The van der Waals surface area contributed by atoms with E-state index in [0.29, 0.717) is 10.8 Å². The van der Waals surface area contributed by atoms with E-state index in [1.54, 1.807) is 20.3 Å². The van der Waals surface area contributed by atoms with Gasteiger partial charge in [0.2, 0.25) is 0 Å². The third kappa shape index (κ3) is 3.98. The molecule has 0 aromatic heterocycles. The fraction of sp³-hybridized carbons (Fsp3) is 0.500. The van der Waals surface area contributed by atoms with Crippen LogP contribution >= 0.6 is 11.6 Å². The summed E-state index contributed by atoms with van der Waals surface area (Å²) in [4.78, 5) is 0. The molecule has 0 bridgehead atoms. The summed E-state index contributed by atoms with van der Waals surface area (Å²) in [6.07, 6.45) is 1.03. The topological polar surface area (TPSA) is 42.5 Å². The summed E-state index contributed by atoms with van der Waals surface area (Å²) in [5.41, 5.74) is 0.893. The molecule has 4 nitrogen and oxygen atoms in total. The number of benzene rings is 1. The average Bonchev–Trinajstić information content (AvgIpc) is 2.35. The molecule has 96 valence electrons. The maximum Gasteiger partial charge on any atom is 0.143 e. The first-order chi connectivity index (χ1) is 8.22. The van der Waals surface area contributed by atoms with Gasteiger partial charge in [-0.3, -0.25) is 0 Å². The van der Waals surface area contributed by atoms with Gasteiger partial charge in [-0.2, -0.15) is 0 Å². The normalized spacial score (nSPS) is 10.1. The number of hydrogen-bond acceptors (Lipinski definition) is 4. The van der Waals surface area contributed by atoms with Crippen molar-refractivity contribution >= 4 is 17.3 Å². The molecule has 0 radical (unpaired) electrons. The molecule has 17 heavy (non-hydrogen) atoms. The molecule has 1 aromatic rings. The van der Waals surface area contributed by atoms with Crippen LogP contribution in [0.2, 0.25) is 5.02 Å². The van der Waals surface area contributed by atoms with Crippen molar-refractivity contribution in [2.24, 2.45) is 0 Å². The van der Waals surface area contributed by atoms with Gasteiger partial charge in [0.15, 0.2) is 0 Å². The summed E-state index contributed by atoms with van der Waals surface area (Å²) < 4.78 is 10.4. The summed E-state index contributed by atoms with van der Waals surface area (Å²) in [7, 11) is 5.15. The molecule has 0 saturated carbocycles. The van der Waals surface area contributed by atoms with Crippen LogP contribution in [-0.4, -0.2) is 34.4 Å². The van der Waals surface area contributed by atoms with Crippen LogP contribution in [0.5, 0.6) is 11.5 Å². The second-order valence-corrected chi connectivity index (χ2v) is 3.98. The Kier molecular flexibility index (Phi) is 5.94. The Labute approximate surface area is 107 Å². The first kappa shape index (κ1) is 13.9. The van der Waals surface area contributed by atoms with E-state index in [1.165, 1.54) is 0 Å². The average molecular weight is 259 g/mol. The SMILES string of the molecule is CNCCCNc1cc(OC)c(Cl)cc1OC. The van der Waals surface area contributed by atoms with E-state index in [0.717, 1.165) is 30.9 Å². The molecule has 2 N–H and O–H groups in total. The molecule has 1 rings (SSSR count). The van der Waals surface area contributed by atoms with Crippen molar-refractivity contribution in [1.82, 2.24) is 5.32 Å². The molecular formula is C12H19ClN2O2. The van der Waals surface area contributed by atoms with Gasteiger partial charge in [-0.1, -0.05) is 11.6 Å². The zero-order chi connectivity index (χ0) is 12.7. The highest BCUT2D eigenvalue weighted by Gasteiger charge is 2.09. The maximum atomic E-state index is 6.02. The second-order valence-electron chi connectivity index (χ2n) is 3.57. The van der Waals surface area contributed by atoms with Crippen molar-refractivity contribution in [3.8, 4) is 11.5 Å². The van der Waals surface area contributed by atoms with Crippen LogP contribution in [0.4, 0.5) is 5.69 Å². The molecule has 0 fully saturated rings. The molecule has 0 aliphatic carbocycles. The number of methoxy groups -OCH3 is 2. The third-order valence-electron chi connectivity index (χ3n) is 2.39. The third-order valence-corrected chi connectivity index (χ3v) is 2.69. The lowest BCUT2D eigenvalue weighted by Gasteiger charge is -2.13. The number of rotatable bonds is 7. The molecule has 0 saturated heterocycles. The monoisotopic (exact) mass is 258 g/mol. The number of nitrogens with one attached hydrogen (secondary N) is 2. The highest BCUT2D eigenvalue weighted by atomic mass is 35.5. The lowest BCUT2D eigenvalue weighted by Crippen LogP contribution is -2.13. The Hall–Kier alpha value is -1.13. The minimum absolute atomic E-state index is 0.546. The van der Waals surface area contributed by atoms with Crippen molar-refractivity contribution in [2.75, 3.05) is 39.7 Å². The van der Waals surface area contributed by atoms with Crippen LogP contribution in [0, 0.1) is 0 Å². The summed E-state index contributed by atoms with van der Waals surface area (Å²) in [6.45, 7) is 1.84. The van der Waals surface area contributed by atoms with Crippen molar-refractivity contribution < 1.29 is 9.47 Å². The second kappa shape index (κ2) is 7.25. The maximum absolute atomic E-state index is 6.02. The van der Waals surface area contributed by atoms with Gasteiger partial charge in [-0.05, 0) is 20.0 Å². The zero-order valence-corrected chi connectivity index (χ0v) is 11.2. The fourth-order valence-corrected chi connectivity index (χ4v) is 1.72. The van der Waals surface area contributed by atoms with Crippen LogP contribution in [-0.2, 0) is 0 Å². The van der Waals surface area contributed by atoms with Crippen LogP contribution in [0.15, 0.2) is 12.1 Å². The lowest BCUT2D eigenvalue weighted by atomic mass is 10.2. The van der Waals surface area contributed by atoms with Crippen molar-refractivity contribution in [3.63, 3.8) is 0 Å². The van der Waals surface area contributed by atoms with E-state index in [9.17, 15) is 0 Å². The summed E-state index contributed by atoms with van der Waals surface area (Å²) in [6, 6.07) is 3.60. The Morgan fingerprint density at radius 2 is 1.82 bits per heavy atom. The standard InChI is InChI=1S/C12H19ClN2O2/c1-14-5-4-6-15-10-8-11(16-2)9(13)7-12(10)17-3/h7-8,14-15H,4-6H2,1-3H3. The zero-order valence-electron chi connectivity index (χ0n) is 10.5. The molecule has 0 amide bonds. The number of anilines is 1. The highest BCUT2D eigenvalue weighted by Crippen LogP contribution is 2.35. The molecule has 0 unspecified atom stereocenters. The van der Waals surface area contributed by atoms with Gasteiger partial charge in [-0.15, -0.1) is 0 Å². The quantitative estimate of drug-likeness (QED) is 0.737. The van der Waals surface area contributed by atoms with Gasteiger partial charge in [0, 0.05) is 18.7 Å². The molecular weight excluding hydrogens is 240 g/mol. The van der Waals surface area contributed by atoms with E-state index >= 15 is 0 Å². The molecule has 0 aliphatic heterocycles. The van der Waals surface area contributed by atoms with Crippen LogP contribution in [0.1, 0.15) is 6.42 Å². The van der Waals surface area contributed by atoms with E-state index in [4.69, 9.17) is 21.1 Å². The van der Waals surface area contributed by atoms with E-state index in [1.807, 2.05) is 13.1 Å². The molecule has 0 atom stereocenters. The first-order valence-corrected chi connectivity index (χ1v) is 5.90. The van der Waals surface area contributed by atoms with Gasteiger partial charge in [0.25, 0.3) is 0 Å². The van der Waals surface area contributed by atoms with Crippen molar-refractivity contribution in [2.45, 2.75) is 6.42 Å². The van der Waals surface area contributed by atoms with E-state index < -0.39 is 0 Å². The smallest absolute Gasteiger partial charge is 0.143 e. The number of hydrogen-bond donors (Lipinski definition) is 2. The molecule has 5 heteroatoms. The first-order valence-electron chi connectivity index (χ1n) is 5.53. The fourth-order valence-electron chi connectivity index (χ4n) is 1.49. The highest BCUT2D eigenvalue weighted by molar-refractivity contribution is 6.32. The van der Waals surface area contributed by atoms with Crippen molar-refractivity contribution in [1.29, 1.82) is 0 Å². The Bertz CT molecular complexity index is 359. The van der Waals surface area contributed by atoms with Gasteiger partial charge >= 0.3 is 0 Å². The van der Waals surface area contributed by atoms with E-state index in [2.05, 4.69) is 10.6 Å². The summed E-state index contributed by atoms with van der Waals surface area (Å²) >= 11 is 6.02. The predicted molar refractivity (Wildman–Crippen MR) is 71.6 cm³/mol. The molecule has 0 spiro atoms. The summed E-state index contributed by atoms with van der Waals surface area (Å²) in [5.74, 6) is 1.36. The van der Waals surface area contributed by atoms with Crippen LogP contribution < -0.4 is 20.1 Å². The molecule has 0 aliphatic rings. The van der Waals surface area contributed by atoms with Gasteiger partial charge < -0.3 is 20.1 Å². The Morgan fingerprint density at radius 1 is 1.12 bits per heavy atom.